The van der Waals surface area contributed by atoms with Crippen molar-refractivity contribution >= 4 is 27.9 Å². The SMILES string of the molecule is NC(=O)c1ccc(S(=O)(=O)N(CC(=O)O)CC(=O)O)cc1. The van der Waals surface area contributed by atoms with E-state index in [4.69, 9.17) is 15.9 Å². The second-order valence-electron chi connectivity index (χ2n) is 3.95. The van der Waals surface area contributed by atoms with Crippen molar-refractivity contribution < 1.29 is 33.0 Å². The number of carbonyl (C=O) groups is 3. The van der Waals surface area contributed by atoms with Crippen molar-refractivity contribution in [2.24, 2.45) is 5.73 Å². The zero-order valence-electron chi connectivity index (χ0n) is 10.6. The molecular weight excluding hydrogens is 304 g/mol. The minimum atomic E-state index is -4.31. The minimum Gasteiger partial charge on any atom is -0.480 e. The van der Waals surface area contributed by atoms with Gasteiger partial charge in [-0.25, -0.2) is 8.42 Å². The number of hydrogen-bond acceptors (Lipinski definition) is 5. The number of carbonyl (C=O) groups excluding carboxylic acids is 1. The van der Waals surface area contributed by atoms with Gasteiger partial charge in [-0.3, -0.25) is 14.4 Å². The predicted octanol–water partition coefficient (Wildman–Crippen LogP) is -1.05. The van der Waals surface area contributed by atoms with Gasteiger partial charge in [0.1, 0.15) is 13.1 Å². The Morgan fingerprint density at radius 1 is 1.00 bits per heavy atom. The lowest BCUT2D eigenvalue weighted by Crippen LogP contribution is -2.39. The van der Waals surface area contributed by atoms with Gasteiger partial charge in [0, 0.05) is 5.56 Å². The molecule has 0 aliphatic rings. The van der Waals surface area contributed by atoms with Crippen LogP contribution in [-0.2, 0) is 19.6 Å². The van der Waals surface area contributed by atoms with E-state index in [0.29, 0.717) is 4.31 Å². The third-order valence-electron chi connectivity index (χ3n) is 2.40. The molecule has 0 heterocycles. The molecule has 0 aromatic heterocycles. The highest BCUT2D eigenvalue weighted by Gasteiger charge is 2.28. The molecule has 1 amide bonds. The van der Waals surface area contributed by atoms with Crippen molar-refractivity contribution in [3.05, 3.63) is 29.8 Å². The van der Waals surface area contributed by atoms with Crippen molar-refractivity contribution in [2.45, 2.75) is 4.90 Å². The normalized spacial score (nSPS) is 11.3. The van der Waals surface area contributed by atoms with Gasteiger partial charge >= 0.3 is 11.9 Å². The fourth-order valence-corrected chi connectivity index (χ4v) is 2.81. The molecule has 21 heavy (non-hydrogen) atoms. The lowest BCUT2D eigenvalue weighted by atomic mass is 10.2. The molecule has 0 unspecified atom stereocenters. The summed E-state index contributed by atoms with van der Waals surface area (Å²) >= 11 is 0. The Balaban J connectivity index is 3.17. The van der Waals surface area contributed by atoms with E-state index in [9.17, 15) is 22.8 Å². The lowest BCUT2D eigenvalue weighted by Gasteiger charge is -2.18. The highest BCUT2D eigenvalue weighted by molar-refractivity contribution is 7.89. The first kappa shape index (κ1) is 16.6. The maximum atomic E-state index is 12.2. The van der Waals surface area contributed by atoms with Crippen LogP contribution in [0.2, 0.25) is 0 Å². The van der Waals surface area contributed by atoms with Gasteiger partial charge in [0.2, 0.25) is 15.9 Å². The topological polar surface area (TPSA) is 155 Å². The number of amides is 1. The first-order chi connectivity index (χ1) is 9.64. The Bertz CT molecular complexity index is 650. The van der Waals surface area contributed by atoms with E-state index in [1.54, 1.807) is 0 Å². The van der Waals surface area contributed by atoms with Crippen LogP contribution in [0.3, 0.4) is 0 Å². The van der Waals surface area contributed by atoms with E-state index < -0.39 is 41.0 Å². The standard InChI is InChI=1S/C11H12N2O7S/c12-11(18)7-1-3-8(4-2-7)21(19,20)13(5-9(14)15)6-10(16)17/h1-4H,5-6H2,(H2,12,18)(H,14,15)(H,16,17). The monoisotopic (exact) mass is 316 g/mol. The van der Waals surface area contributed by atoms with Gasteiger partial charge in [-0.15, -0.1) is 0 Å². The van der Waals surface area contributed by atoms with Crippen LogP contribution >= 0.6 is 0 Å². The Hall–Kier alpha value is -2.46. The average Bonchev–Trinajstić information content (AvgIpc) is 2.37. The van der Waals surface area contributed by atoms with Crippen LogP contribution in [0, 0.1) is 0 Å². The molecule has 0 atom stereocenters. The van der Waals surface area contributed by atoms with E-state index in [1.807, 2.05) is 0 Å². The minimum absolute atomic E-state index is 0.0666. The highest BCUT2D eigenvalue weighted by atomic mass is 32.2. The molecular formula is C11H12N2O7S. The third-order valence-corrected chi connectivity index (χ3v) is 4.21. The number of aliphatic carboxylic acids is 2. The molecule has 0 radical (unpaired) electrons. The second-order valence-corrected chi connectivity index (χ2v) is 5.89. The molecule has 0 spiro atoms. The maximum Gasteiger partial charge on any atom is 0.318 e. The van der Waals surface area contributed by atoms with Gasteiger partial charge in [0.25, 0.3) is 0 Å². The first-order valence-corrected chi connectivity index (χ1v) is 6.92. The number of carboxylic acid groups (broad SMARTS) is 2. The van der Waals surface area contributed by atoms with Crippen LogP contribution in [-0.4, -0.2) is 53.9 Å². The first-order valence-electron chi connectivity index (χ1n) is 5.48. The van der Waals surface area contributed by atoms with Gasteiger partial charge in [-0.1, -0.05) is 0 Å². The highest BCUT2D eigenvalue weighted by Crippen LogP contribution is 2.16. The Morgan fingerprint density at radius 2 is 1.43 bits per heavy atom. The molecule has 0 bridgehead atoms. The Kier molecular flexibility index (Phi) is 5.00. The zero-order valence-corrected chi connectivity index (χ0v) is 11.4. The molecule has 1 aromatic rings. The molecule has 0 fully saturated rings. The quantitative estimate of drug-likeness (QED) is 0.579. The van der Waals surface area contributed by atoms with Crippen LogP contribution < -0.4 is 5.73 Å². The lowest BCUT2D eigenvalue weighted by molar-refractivity contribution is -0.139. The molecule has 114 valence electrons. The molecule has 1 rings (SSSR count). The third kappa shape index (κ3) is 4.26. The molecule has 0 aliphatic carbocycles. The van der Waals surface area contributed by atoms with Crippen molar-refractivity contribution in [1.82, 2.24) is 4.31 Å². The molecule has 4 N–H and O–H groups in total. The van der Waals surface area contributed by atoms with Crippen LogP contribution in [0.4, 0.5) is 0 Å². The van der Waals surface area contributed by atoms with E-state index in [1.165, 1.54) is 0 Å². The molecule has 0 saturated carbocycles. The summed E-state index contributed by atoms with van der Waals surface area (Å²) in [5.74, 6) is -3.74. The number of nitrogens with zero attached hydrogens (tertiary/aromatic N) is 1. The van der Waals surface area contributed by atoms with Gasteiger partial charge < -0.3 is 15.9 Å². The Labute approximate surface area is 119 Å². The smallest absolute Gasteiger partial charge is 0.318 e. The average molecular weight is 316 g/mol. The van der Waals surface area contributed by atoms with Crippen LogP contribution in [0.1, 0.15) is 10.4 Å². The second kappa shape index (κ2) is 6.33. The van der Waals surface area contributed by atoms with Crippen LogP contribution in [0.25, 0.3) is 0 Å². The number of sulfonamides is 1. The molecule has 10 heteroatoms. The predicted molar refractivity (Wildman–Crippen MR) is 69.0 cm³/mol. The van der Waals surface area contributed by atoms with Gasteiger partial charge in [0.15, 0.2) is 0 Å². The van der Waals surface area contributed by atoms with E-state index in [0.717, 1.165) is 24.3 Å². The summed E-state index contributed by atoms with van der Waals surface area (Å²) in [6.45, 7) is -1.99. The van der Waals surface area contributed by atoms with Crippen molar-refractivity contribution in [1.29, 1.82) is 0 Å². The fourth-order valence-electron chi connectivity index (χ4n) is 1.47. The van der Waals surface area contributed by atoms with E-state index >= 15 is 0 Å². The number of primary amides is 1. The number of benzene rings is 1. The zero-order chi connectivity index (χ0) is 16.2. The van der Waals surface area contributed by atoms with Gasteiger partial charge in [0.05, 0.1) is 4.90 Å². The number of nitrogens with two attached hydrogens (primary N) is 1. The summed E-state index contributed by atoms with van der Waals surface area (Å²) in [4.78, 5) is 31.9. The Morgan fingerprint density at radius 3 is 1.76 bits per heavy atom. The summed E-state index contributed by atoms with van der Waals surface area (Å²) in [6.07, 6.45) is 0. The van der Waals surface area contributed by atoms with Crippen molar-refractivity contribution in [2.75, 3.05) is 13.1 Å². The molecule has 0 saturated heterocycles. The summed E-state index contributed by atoms with van der Waals surface area (Å²) in [5, 5.41) is 17.3. The number of carboxylic acids is 2. The molecule has 0 aliphatic heterocycles. The molecule has 1 aromatic carbocycles. The molecule has 9 nitrogen and oxygen atoms in total. The summed E-state index contributed by atoms with van der Waals surface area (Å²) < 4.78 is 24.6. The summed E-state index contributed by atoms with van der Waals surface area (Å²) in [6, 6.07) is 4.39. The van der Waals surface area contributed by atoms with Crippen LogP contribution in [0.15, 0.2) is 29.2 Å². The van der Waals surface area contributed by atoms with Gasteiger partial charge in [-0.2, -0.15) is 4.31 Å². The largest absolute Gasteiger partial charge is 0.480 e. The number of rotatable bonds is 7. The number of hydrogen-bond donors (Lipinski definition) is 3. The summed E-state index contributed by atoms with van der Waals surface area (Å²) in [7, 11) is -4.31. The van der Waals surface area contributed by atoms with Gasteiger partial charge in [-0.05, 0) is 24.3 Å². The van der Waals surface area contributed by atoms with E-state index in [2.05, 4.69) is 0 Å². The van der Waals surface area contributed by atoms with E-state index in [-0.39, 0.29) is 10.5 Å². The van der Waals surface area contributed by atoms with Crippen molar-refractivity contribution in [3.8, 4) is 0 Å². The fraction of sp³-hybridized carbons (Fsp3) is 0.182. The summed E-state index contributed by atoms with van der Waals surface area (Å²) in [5.41, 5.74) is 5.08. The maximum absolute atomic E-state index is 12.2. The van der Waals surface area contributed by atoms with Crippen molar-refractivity contribution in [3.63, 3.8) is 0 Å². The van der Waals surface area contributed by atoms with Crippen LogP contribution in [0.5, 0.6) is 0 Å².